The van der Waals surface area contributed by atoms with Crippen molar-refractivity contribution in [3.8, 4) is 16.9 Å². The molecule has 1 fully saturated rings. The van der Waals surface area contributed by atoms with Crippen LogP contribution in [-0.2, 0) is 7.05 Å². The SMILES string of the molecule is Cn1cc(-c2cccc(C=O)c2OCC2CCC2)cn1. The Hall–Kier alpha value is -2.10. The Balaban J connectivity index is 1.92. The second-order valence-electron chi connectivity index (χ2n) is 5.35. The molecule has 0 atom stereocenters. The van der Waals surface area contributed by atoms with Crippen LogP contribution in [0.25, 0.3) is 11.1 Å². The van der Waals surface area contributed by atoms with E-state index < -0.39 is 0 Å². The van der Waals surface area contributed by atoms with Crippen LogP contribution in [0.5, 0.6) is 5.75 Å². The Bertz CT molecular complexity index is 615. The molecular formula is C16H18N2O2. The fourth-order valence-electron chi connectivity index (χ4n) is 2.46. The number of benzene rings is 1. The van der Waals surface area contributed by atoms with Gasteiger partial charge in [0.05, 0.1) is 18.4 Å². The highest BCUT2D eigenvalue weighted by molar-refractivity contribution is 5.85. The summed E-state index contributed by atoms with van der Waals surface area (Å²) in [5, 5.41) is 4.18. The first-order valence-corrected chi connectivity index (χ1v) is 6.98. The molecule has 0 radical (unpaired) electrons. The van der Waals surface area contributed by atoms with Crippen LogP contribution < -0.4 is 4.74 Å². The number of carbonyl (C=O) groups excluding carboxylic acids is 1. The van der Waals surface area contributed by atoms with Crippen LogP contribution in [0.3, 0.4) is 0 Å². The number of ether oxygens (including phenoxy) is 1. The molecule has 2 aromatic rings. The first-order valence-electron chi connectivity index (χ1n) is 6.98. The normalized spacial score (nSPS) is 14.8. The molecule has 4 nitrogen and oxygen atoms in total. The van der Waals surface area contributed by atoms with Crippen LogP contribution in [0.4, 0.5) is 0 Å². The van der Waals surface area contributed by atoms with E-state index in [1.165, 1.54) is 19.3 Å². The molecule has 1 aliphatic rings. The summed E-state index contributed by atoms with van der Waals surface area (Å²) in [4.78, 5) is 11.2. The number of para-hydroxylation sites is 1. The van der Waals surface area contributed by atoms with E-state index in [-0.39, 0.29) is 0 Å². The van der Waals surface area contributed by atoms with Crippen LogP contribution in [0.15, 0.2) is 30.6 Å². The molecule has 0 saturated heterocycles. The van der Waals surface area contributed by atoms with Gasteiger partial charge in [-0.05, 0) is 24.8 Å². The fraction of sp³-hybridized carbons (Fsp3) is 0.375. The molecule has 20 heavy (non-hydrogen) atoms. The van der Waals surface area contributed by atoms with E-state index in [9.17, 15) is 4.79 Å². The lowest BCUT2D eigenvalue weighted by atomic mass is 9.86. The van der Waals surface area contributed by atoms with E-state index in [0.29, 0.717) is 23.8 Å². The summed E-state index contributed by atoms with van der Waals surface area (Å²) >= 11 is 0. The molecule has 1 saturated carbocycles. The third kappa shape index (κ3) is 2.46. The maximum absolute atomic E-state index is 11.2. The van der Waals surface area contributed by atoms with Crippen molar-refractivity contribution in [2.75, 3.05) is 6.61 Å². The number of aryl methyl sites for hydroxylation is 1. The lowest BCUT2D eigenvalue weighted by Gasteiger charge is -2.26. The Morgan fingerprint density at radius 2 is 2.30 bits per heavy atom. The summed E-state index contributed by atoms with van der Waals surface area (Å²) in [6.07, 6.45) is 8.33. The summed E-state index contributed by atoms with van der Waals surface area (Å²) in [6.45, 7) is 0.693. The third-order valence-electron chi connectivity index (χ3n) is 3.88. The third-order valence-corrected chi connectivity index (χ3v) is 3.88. The van der Waals surface area contributed by atoms with Gasteiger partial charge in [0.25, 0.3) is 0 Å². The van der Waals surface area contributed by atoms with Gasteiger partial charge < -0.3 is 4.74 Å². The average molecular weight is 270 g/mol. The zero-order valence-electron chi connectivity index (χ0n) is 11.6. The maximum Gasteiger partial charge on any atom is 0.153 e. The van der Waals surface area contributed by atoms with Crippen molar-refractivity contribution in [3.63, 3.8) is 0 Å². The molecule has 1 aromatic heterocycles. The number of rotatable bonds is 5. The molecule has 1 heterocycles. The molecule has 1 aromatic carbocycles. The highest BCUT2D eigenvalue weighted by Crippen LogP contribution is 2.34. The quantitative estimate of drug-likeness (QED) is 0.784. The molecule has 4 heteroatoms. The summed E-state index contributed by atoms with van der Waals surface area (Å²) < 4.78 is 7.71. The van der Waals surface area contributed by atoms with Crippen molar-refractivity contribution in [3.05, 3.63) is 36.2 Å². The van der Waals surface area contributed by atoms with Crippen LogP contribution in [0.2, 0.25) is 0 Å². The van der Waals surface area contributed by atoms with Crippen molar-refractivity contribution in [2.45, 2.75) is 19.3 Å². The van der Waals surface area contributed by atoms with Crippen molar-refractivity contribution in [1.29, 1.82) is 0 Å². The smallest absolute Gasteiger partial charge is 0.153 e. The lowest BCUT2D eigenvalue weighted by molar-refractivity contribution is 0.111. The van der Waals surface area contributed by atoms with Gasteiger partial charge in [-0.3, -0.25) is 9.48 Å². The van der Waals surface area contributed by atoms with Crippen molar-refractivity contribution in [2.24, 2.45) is 13.0 Å². The van der Waals surface area contributed by atoms with Crippen LogP contribution in [0, 0.1) is 5.92 Å². The fourth-order valence-corrected chi connectivity index (χ4v) is 2.46. The predicted octanol–water partition coefficient (Wildman–Crippen LogP) is 3.08. The first kappa shape index (κ1) is 12.9. The standard InChI is InChI=1S/C16H18N2O2/c1-18-9-14(8-17-18)15-7-3-6-13(10-19)16(15)20-11-12-4-2-5-12/h3,6-10,12H,2,4-5,11H2,1H3. The topological polar surface area (TPSA) is 44.1 Å². The number of nitrogens with zero attached hydrogens (tertiary/aromatic N) is 2. The molecular weight excluding hydrogens is 252 g/mol. The number of carbonyl (C=O) groups is 1. The molecule has 3 rings (SSSR count). The van der Waals surface area contributed by atoms with E-state index >= 15 is 0 Å². The molecule has 0 N–H and O–H groups in total. The summed E-state index contributed by atoms with van der Waals surface area (Å²) in [5.74, 6) is 1.32. The number of aromatic nitrogens is 2. The van der Waals surface area contributed by atoms with E-state index in [1.807, 2.05) is 25.4 Å². The second-order valence-corrected chi connectivity index (χ2v) is 5.35. The predicted molar refractivity (Wildman–Crippen MR) is 76.9 cm³/mol. The van der Waals surface area contributed by atoms with Gasteiger partial charge in [0, 0.05) is 24.4 Å². The van der Waals surface area contributed by atoms with Crippen LogP contribution in [-0.4, -0.2) is 22.7 Å². The van der Waals surface area contributed by atoms with E-state index in [1.54, 1.807) is 16.9 Å². The van der Waals surface area contributed by atoms with E-state index in [2.05, 4.69) is 5.10 Å². The molecule has 0 amide bonds. The largest absolute Gasteiger partial charge is 0.492 e. The van der Waals surface area contributed by atoms with Crippen molar-refractivity contribution >= 4 is 6.29 Å². The van der Waals surface area contributed by atoms with Gasteiger partial charge in [-0.15, -0.1) is 0 Å². The van der Waals surface area contributed by atoms with Gasteiger partial charge in [-0.2, -0.15) is 5.10 Å². The Kier molecular flexibility index (Phi) is 3.54. The minimum absolute atomic E-state index is 0.602. The molecule has 104 valence electrons. The second kappa shape index (κ2) is 5.49. The van der Waals surface area contributed by atoms with Gasteiger partial charge in [-0.25, -0.2) is 0 Å². The number of hydrogen-bond acceptors (Lipinski definition) is 3. The molecule has 1 aliphatic carbocycles. The number of hydrogen-bond donors (Lipinski definition) is 0. The van der Waals surface area contributed by atoms with Crippen LogP contribution >= 0.6 is 0 Å². The van der Waals surface area contributed by atoms with Crippen molar-refractivity contribution < 1.29 is 9.53 Å². The Morgan fingerprint density at radius 1 is 1.45 bits per heavy atom. The Labute approximate surface area is 118 Å². The summed E-state index contributed by atoms with van der Waals surface area (Å²) in [7, 11) is 1.88. The van der Waals surface area contributed by atoms with Crippen LogP contribution in [0.1, 0.15) is 29.6 Å². The van der Waals surface area contributed by atoms with Gasteiger partial charge in [0.1, 0.15) is 5.75 Å². The lowest BCUT2D eigenvalue weighted by Crippen LogP contribution is -2.19. The monoisotopic (exact) mass is 270 g/mol. The van der Waals surface area contributed by atoms with Gasteiger partial charge in [0.2, 0.25) is 0 Å². The molecule has 0 spiro atoms. The minimum atomic E-state index is 0.602. The van der Waals surface area contributed by atoms with Crippen molar-refractivity contribution in [1.82, 2.24) is 9.78 Å². The average Bonchev–Trinajstić information content (AvgIpc) is 2.83. The van der Waals surface area contributed by atoms with Gasteiger partial charge >= 0.3 is 0 Å². The summed E-state index contributed by atoms with van der Waals surface area (Å²) in [5.41, 5.74) is 2.51. The zero-order chi connectivity index (χ0) is 13.9. The summed E-state index contributed by atoms with van der Waals surface area (Å²) in [6, 6.07) is 5.64. The van der Waals surface area contributed by atoms with Gasteiger partial charge in [0.15, 0.2) is 6.29 Å². The van der Waals surface area contributed by atoms with E-state index in [0.717, 1.165) is 17.4 Å². The zero-order valence-corrected chi connectivity index (χ0v) is 11.6. The molecule has 0 aliphatic heterocycles. The Morgan fingerprint density at radius 3 is 2.90 bits per heavy atom. The highest BCUT2D eigenvalue weighted by atomic mass is 16.5. The maximum atomic E-state index is 11.2. The first-order chi connectivity index (χ1) is 9.78. The van der Waals surface area contributed by atoms with E-state index in [4.69, 9.17) is 4.74 Å². The minimum Gasteiger partial charge on any atom is -0.492 e. The number of aldehydes is 1. The highest BCUT2D eigenvalue weighted by Gasteiger charge is 2.20. The molecule has 0 bridgehead atoms. The van der Waals surface area contributed by atoms with Gasteiger partial charge in [-0.1, -0.05) is 18.6 Å². The molecule has 0 unspecified atom stereocenters.